The van der Waals surface area contributed by atoms with Crippen LogP contribution in [-0.4, -0.2) is 9.91 Å². The molecule has 0 spiro atoms. The minimum Gasteiger partial charge on any atom is -0.258 e. The fourth-order valence-corrected chi connectivity index (χ4v) is 1.79. The van der Waals surface area contributed by atoms with Crippen LogP contribution in [0.15, 0.2) is 43.2 Å². The molecule has 0 amide bonds. The van der Waals surface area contributed by atoms with Gasteiger partial charge in [0.25, 0.3) is 5.69 Å². The van der Waals surface area contributed by atoms with Gasteiger partial charge in [0.05, 0.1) is 4.92 Å². The Bertz CT molecular complexity index is 604. The molecule has 18 heavy (non-hydrogen) atoms. The maximum absolute atomic E-state index is 10.9. The van der Waals surface area contributed by atoms with Crippen LogP contribution < -0.4 is 0 Å². The van der Waals surface area contributed by atoms with E-state index in [0.29, 0.717) is 5.56 Å². The average Bonchev–Trinajstić information content (AvgIpc) is 2.39. The second-order valence-corrected chi connectivity index (χ2v) is 3.91. The lowest BCUT2D eigenvalue weighted by atomic mass is 10.0. The van der Waals surface area contributed by atoms with Gasteiger partial charge in [-0.2, -0.15) is 0 Å². The number of hydrogen-bond acceptors (Lipinski definition) is 3. The molecular formula is C14H12N2O2. The standard InChI is InChI=1S/C14H12N2O2/c1-3-11-4-6-12(7-5-11)13-8-15-9-14(10(13)2)16(17)18/h3-9H,1H2,2H3. The van der Waals surface area contributed by atoms with E-state index in [0.717, 1.165) is 16.7 Å². The van der Waals surface area contributed by atoms with Crippen molar-refractivity contribution in [3.05, 3.63) is 64.5 Å². The van der Waals surface area contributed by atoms with E-state index in [1.807, 2.05) is 24.3 Å². The quantitative estimate of drug-likeness (QED) is 0.608. The molecule has 4 heteroatoms. The Labute approximate surface area is 105 Å². The summed E-state index contributed by atoms with van der Waals surface area (Å²) in [5, 5.41) is 10.9. The van der Waals surface area contributed by atoms with E-state index < -0.39 is 4.92 Å². The Morgan fingerprint density at radius 1 is 1.28 bits per heavy atom. The highest BCUT2D eigenvalue weighted by atomic mass is 16.6. The predicted molar refractivity (Wildman–Crippen MR) is 71.2 cm³/mol. The minimum absolute atomic E-state index is 0.0419. The summed E-state index contributed by atoms with van der Waals surface area (Å²) in [6.45, 7) is 5.42. The van der Waals surface area contributed by atoms with Crippen LogP contribution in [0.25, 0.3) is 17.2 Å². The lowest BCUT2D eigenvalue weighted by Crippen LogP contribution is -1.95. The Morgan fingerprint density at radius 2 is 1.94 bits per heavy atom. The first-order valence-corrected chi connectivity index (χ1v) is 5.45. The van der Waals surface area contributed by atoms with Crippen molar-refractivity contribution in [2.24, 2.45) is 0 Å². The van der Waals surface area contributed by atoms with Crippen LogP contribution in [0, 0.1) is 17.0 Å². The van der Waals surface area contributed by atoms with E-state index >= 15 is 0 Å². The first kappa shape index (κ1) is 12.0. The summed E-state index contributed by atoms with van der Waals surface area (Å²) in [5.41, 5.74) is 3.37. The molecule has 0 aliphatic heterocycles. The van der Waals surface area contributed by atoms with Crippen LogP contribution in [0.4, 0.5) is 5.69 Å². The highest BCUT2D eigenvalue weighted by molar-refractivity contribution is 5.70. The predicted octanol–water partition coefficient (Wildman–Crippen LogP) is 3.61. The minimum atomic E-state index is -0.413. The Kier molecular flexibility index (Phi) is 3.19. The Balaban J connectivity index is 2.53. The maximum atomic E-state index is 10.9. The summed E-state index contributed by atoms with van der Waals surface area (Å²) < 4.78 is 0. The Morgan fingerprint density at radius 3 is 2.50 bits per heavy atom. The van der Waals surface area contributed by atoms with Crippen LogP contribution >= 0.6 is 0 Å². The SMILES string of the molecule is C=Cc1ccc(-c2cncc([N+](=O)[O-])c2C)cc1. The lowest BCUT2D eigenvalue weighted by Gasteiger charge is -2.06. The van der Waals surface area contributed by atoms with Crippen LogP contribution in [0.2, 0.25) is 0 Å². The molecule has 90 valence electrons. The molecule has 0 radical (unpaired) electrons. The molecule has 1 aromatic carbocycles. The number of benzene rings is 1. The normalized spacial score (nSPS) is 10.1. The first-order chi connectivity index (χ1) is 8.63. The van der Waals surface area contributed by atoms with Gasteiger partial charge in [-0.1, -0.05) is 36.9 Å². The van der Waals surface area contributed by atoms with Crippen LogP contribution in [-0.2, 0) is 0 Å². The molecule has 4 nitrogen and oxygen atoms in total. The fourth-order valence-electron chi connectivity index (χ4n) is 1.79. The van der Waals surface area contributed by atoms with E-state index in [9.17, 15) is 10.1 Å². The van der Waals surface area contributed by atoms with Gasteiger partial charge in [0.1, 0.15) is 6.20 Å². The summed E-state index contributed by atoms with van der Waals surface area (Å²) in [6, 6.07) is 7.65. The van der Waals surface area contributed by atoms with Gasteiger partial charge < -0.3 is 0 Å². The number of pyridine rings is 1. The molecule has 0 atom stereocenters. The van der Waals surface area contributed by atoms with Crippen LogP contribution in [0.3, 0.4) is 0 Å². The van der Waals surface area contributed by atoms with E-state index in [2.05, 4.69) is 11.6 Å². The highest BCUT2D eigenvalue weighted by Gasteiger charge is 2.14. The third kappa shape index (κ3) is 2.13. The molecule has 1 heterocycles. The van der Waals surface area contributed by atoms with Crippen molar-refractivity contribution in [2.45, 2.75) is 6.92 Å². The van der Waals surface area contributed by atoms with Crippen molar-refractivity contribution in [1.82, 2.24) is 4.98 Å². The third-order valence-corrected chi connectivity index (χ3v) is 2.84. The molecule has 0 aliphatic rings. The van der Waals surface area contributed by atoms with E-state index in [1.54, 1.807) is 19.2 Å². The van der Waals surface area contributed by atoms with E-state index in [1.165, 1.54) is 6.20 Å². The van der Waals surface area contributed by atoms with E-state index in [-0.39, 0.29) is 5.69 Å². The zero-order chi connectivity index (χ0) is 13.1. The van der Waals surface area contributed by atoms with Crippen molar-refractivity contribution in [1.29, 1.82) is 0 Å². The highest BCUT2D eigenvalue weighted by Crippen LogP contribution is 2.28. The second-order valence-electron chi connectivity index (χ2n) is 3.91. The molecule has 0 bridgehead atoms. The van der Waals surface area contributed by atoms with Crippen LogP contribution in [0.5, 0.6) is 0 Å². The molecule has 1 aromatic heterocycles. The van der Waals surface area contributed by atoms with Gasteiger partial charge in [-0.15, -0.1) is 0 Å². The number of hydrogen-bond donors (Lipinski definition) is 0. The summed E-state index contributed by atoms with van der Waals surface area (Å²) in [5.74, 6) is 0. The van der Waals surface area contributed by atoms with Gasteiger partial charge in [0.15, 0.2) is 0 Å². The Hall–Kier alpha value is -2.49. The molecule has 0 unspecified atom stereocenters. The van der Waals surface area contributed by atoms with Crippen molar-refractivity contribution < 1.29 is 4.92 Å². The smallest absolute Gasteiger partial charge is 0.258 e. The van der Waals surface area contributed by atoms with Gasteiger partial charge in [0, 0.05) is 17.3 Å². The number of nitro groups is 1. The molecule has 2 rings (SSSR count). The molecule has 2 aromatic rings. The molecule has 0 saturated carbocycles. The molecule has 0 fully saturated rings. The number of nitrogens with zero attached hydrogens (tertiary/aromatic N) is 2. The molecule has 0 N–H and O–H groups in total. The van der Waals surface area contributed by atoms with Crippen LogP contribution in [0.1, 0.15) is 11.1 Å². The van der Waals surface area contributed by atoms with Crippen molar-refractivity contribution in [2.75, 3.05) is 0 Å². The van der Waals surface area contributed by atoms with Gasteiger partial charge in [0.2, 0.25) is 0 Å². The number of aromatic nitrogens is 1. The topological polar surface area (TPSA) is 56.0 Å². The zero-order valence-corrected chi connectivity index (χ0v) is 9.96. The second kappa shape index (κ2) is 4.79. The summed E-state index contributed by atoms with van der Waals surface area (Å²) in [6.07, 6.45) is 4.67. The average molecular weight is 240 g/mol. The maximum Gasteiger partial charge on any atom is 0.291 e. The van der Waals surface area contributed by atoms with Crippen molar-refractivity contribution in [3.63, 3.8) is 0 Å². The van der Waals surface area contributed by atoms with Crippen molar-refractivity contribution >= 4 is 11.8 Å². The molecular weight excluding hydrogens is 228 g/mol. The fraction of sp³-hybridized carbons (Fsp3) is 0.0714. The largest absolute Gasteiger partial charge is 0.291 e. The summed E-state index contributed by atoms with van der Waals surface area (Å²) in [7, 11) is 0. The monoisotopic (exact) mass is 240 g/mol. The first-order valence-electron chi connectivity index (χ1n) is 5.45. The zero-order valence-electron chi connectivity index (χ0n) is 9.96. The van der Waals surface area contributed by atoms with Gasteiger partial charge >= 0.3 is 0 Å². The summed E-state index contributed by atoms with van der Waals surface area (Å²) in [4.78, 5) is 14.4. The lowest BCUT2D eigenvalue weighted by molar-refractivity contribution is -0.385. The van der Waals surface area contributed by atoms with Crippen molar-refractivity contribution in [3.8, 4) is 11.1 Å². The number of rotatable bonds is 3. The summed E-state index contributed by atoms with van der Waals surface area (Å²) >= 11 is 0. The van der Waals surface area contributed by atoms with E-state index in [4.69, 9.17) is 0 Å². The van der Waals surface area contributed by atoms with Gasteiger partial charge in [-0.05, 0) is 18.1 Å². The third-order valence-electron chi connectivity index (χ3n) is 2.84. The molecule has 0 saturated heterocycles. The van der Waals surface area contributed by atoms with Gasteiger partial charge in [-0.25, -0.2) is 0 Å². The van der Waals surface area contributed by atoms with Gasteiger partial charge in [-0.3, -0.25) is 15.1 Å². The molecule has 0 aliphatic carbocycles.